The summed E-state index contributed by atoms with van der Waals surface area (Å²) in [6.07, 6.45) is 0.558. The van der Waals surface area contributed by atoms with Crippen molar-refractivity contribution in [2.45, 2.75) is 6.42 Å². The van der Waals surface area contributed by atoms with Crippen molar-refractivity contribution in [3.63, 3.8) is 0 Å². The SMILES string of the molecule is O=C1c2ccccc2C(=O)N1CCOCCCO. The van der Waals surface area contributed by atoms with E-state index in [2.05, 4.69) is 0 Å². The van der Waals surface area contributed by atoms with Gasteiger partial charge < -0.3 is 9.84 Å². The summed E-state index contributed by atoms with van der Waals surface area (Å²) >= 11 is 0. The minimum Gasteiger partial charge on any atom is -0.396 e. The first kappa shape index (κ1) is 12.7. The highest BCUT2D eigenvalue weighted by Gasteiger charge is 2.34. The van der Waals surface area contributed by atoms with Crippen LogP contribution in [0.3, 0.4) is 0 Å². The van der Waals surface area contributed by atoms with Crippen LogP contribution in [0.5, 0.6) is 0 Å². The molecule has 2 rings (SSSR count). The molecule has 1 aromatic carbocycles. The quantitative estimate of drug-likeness (QED) is 0.594. The Kier molecular flexibility index (Phi) is 4.07. The van der Waals surface area contributed by atoms with Crippen molar-refractivity contribution >= 4 is 11.8 Å². The zero-order valence-electron chi connectivity index (χ0n) is 9.96. The topological polar surface area (TPSA) is 66.8 Å². The second kappa shape index (κ2) is 5.75. The molecule has 0 saturated heterocycles. The molecule has 0 saturated carbocycles. The molecular weight excluding hydrogens is 234 g/mol. The summed E-state index contributed by atoms with van der Waals surface area (Å²) in [4.78, 5) is 25.1. The van der Waals surface area contributed by atoms with E-state index in [1.165, 1.54) is 4.90 Å². The van der Waals surface area contributed by atoms with Gasteiger partial charge in [-0.2, -0.15) is 0 Å². The fourth-order valence-corrected chi connectivity index (χ4v) is 1.87. The van der Waals surface area contributed by atoms with Crippen LogP contribution in [-0.2, 0) is 4.74 Å². The van der Waals surface area contributed by atoms with Gasteiger partial charge in [0.15, 0.2) is 0 Å². The number of amides is 2. The predicted octanol–water partition coefficient (Wildman–Crippen LogP) is 0.682. The van der Waals surface area contributed by atoms with E-state index < -0.39 is 0 Å². The maximum absolute atomic E-state index is 11.9. The normalized spacial score (nSPS) is 14.2. The number of carbonyl (C=O) groups is 2. The molecule has 0 aliphatic carbocycles. The first-order valence-corrected chi connectivity index (χ1v) is 5.89. The zero-order chi connectivity index (χ0) is 13.0. The number of hydrogen-bond acceptors (Lipinski definition) is 4. The molecule has 0 aromatic heterocycles. The van der Waals surface area contributed by atoms with Crippen molar-refractivity contribution < 1.29 is 19.4 Å². The summed E-state index contributed by atoms with van der Waals surface area (Å²) in [5.74, 6) is -0.525. The molecule has 18 heavy (non-hydrogen) atoms. The molecule has 0 radical (unpaired) electrons. The standard InChI is InChI=1S/C13H15NO4/c15-7-3-8-18-9-6-14-12(16)10-4-1-2-5-11(10)13(14)17/h1-2,4-5,15H,3,6-9H2. The van der Waals surface area contributed by atoms with E-state index in [9.17, 15) is 9.59 Å². The van der Waals surface area contributed by atoms with Crippen LogP contribution in [0, 0.1) is 0 Å². The van der Waals surface area contributed by atoms with Gasteiger partial charge in [-0.15, -0.1) is 0 Å². The highest BCUT2D eigenvalue weighted by atomic mass is 16.5. The minimum atomic E-state index is -0.263. The van der Waals surface area contributed by atoms with Gasteiger partial charge in [-0.3, -0.25) is 14.5 Å². The van der Waals surface area contributed by atoms with E-state index in [-0.39, 0.29) is 25.0 Å². The number of benzene rings is 1. The number of rotatable bonds is 6. The Morgan fingerprint density at radius 3 is 2.22 bits per heavy atom. The maximum atomic E-state index is 11.9. The Hall–Kier alpha value is -1.72. The van der Waals surface area contributed by atoms with Crippen molar-refractivity contribution in [1.82, 2.24) is 4.90 Å². The molecule has 1 aromatic rings. The average molecular weight is 249 g/mol. The summed E-state index contributed by atoms with van der Waals surface area (Å²) in [7, 11) is 0. The molecule has 5 nitrogen and oxygen atoms in total. The van der Waals surface area contributed by atoms with Crippen LogP contribution in [0.25, 0.3) is 0 Å². The van der Waals surface area contributed by atoms with E-state index in [4.69, 9.17) is 9.84 Å². The molecule has 1 heterocycles. The Morgan fingerprint density at radius 2 is 1.67 bits per heavy atom. The lowest BCUT2D eigenvalue weighted by molar-refractivity contribution is 0.0548. The minimum absolute atomic E-state index is 0.0764. The van der Waals surface area contributed by atoms with Gasteiger partial charge in [-0.25, -0.2) is 0 Å². The van der Waals surface area contributed by atoms with Gasteiger partial charge in [0.2, 0.25) is 0 Å². The van der Waals surface area contributed by atoms with Gasteiger partial charge in [-0.1, -0.05) is 12.1 Å². The first-order valence-electron chi connectivity index (χ1n) is 5.89. The van der Waals surface area contributed by atoms with E-state index >= 15 is 0 Å². The van der Waals surface area contributed by atoms with Crippen LogP contribution < -0.4 is 0 Å². The van der Waals surface area contributed by atoms with Crippen molar-refractivity contribution in [1.29, 1.82) is 0 Å². The smallest absolute Gasteiger partial charge is 0.261 e. The van der Waals surface area contributed by atoms with E-state index in [1.807, 2.05) is 0 Å². The average Bonchev–Trinajstić information content (AvgIpc) is 2.64. The van der Waals surface area contributed by atoms with E-state index in [1.54, 1.807) is 24.3 Å². The third kappa shape index (κ3) is 2.42. The number of fused-ring (bicyclic) bond motifs is 1. The number of imide groups is 1. The molecule has 5 heteroatoms. The van der Waals surface area contributed by atoms with Crippen LogP contribution in [0.4, 0.5) is 0 Å². The number of ether oxygens (including phenoxy) is 1. The second-order valence-electron chi connectivity index (χ2n) is 4.00. The fourth-order valence-electron chi connectivity index (χ4n) is 1.87. The van der Waals surface area contributed by atoms with Gasteiger partial charge in [0.25, 0.3) is 11.8 Å². The van der Waals surface area contributed by atoms with Crippen LogP contribution in [0.2, 0.25) is 0 Å². The zero-order valence-corrected chi connectivity index (χ0v) is 9.96. The third-order valence-corrected chi connectivity index (χ3v) is 2.78. The molecule has 96 valence electrons. The maximum Gasteiger partial charge on any atom is 0.261 e. The van der Waals surface area contributed by atoms with Gasteiger partial charge >= 0.3 is 0 Å². The van der Waals surface area contributed by atoms with E-state index in [0.29, 0.717) is 30.8 Å². The van der Waals surface area contributed by atoms with Crippen molar-refractivity contribution in [2.24, 2.45) is 0 Å². The molecule has 0 atom stereocenters. The summed E-state index contributed by atoms with van der Waals surface area (Å²) in [6, 6.07) is 6.79. The highest BCUT2D eigenvalue weighted by Crippen LogP contribution is 2.21. The number of nitrogens with zero attached hydrogens (tertiary/aromatic N) is 1. The fraction of sp³-hybridized carbons (Fsp3) is 0.385. The summed E-state index contributed by atoms with van der Waals surface area (Å²) in [5.41, 5.74) is 0.913. The summed E-state index contributed by atoms with van der Waals surface area (Å²) in [5, 5.41) is 8.58. The molecule has 1 aliphatic rings. The Morgan fingerprint density at radius 1 is 1.06 bits per heavy atom. The molecule has 2 amide bonds. The summed E-state index contributed by atoms with van der Waals surface area (Å²) < 4.78 is 5.23. The van der Waals surface area contributed by atoms with Crippen LogP contribution in [0.15, 0.2) is 24.3 Å². The molecule has 0 fully saturated rings. The number of aliphatic hydroxyl groups is 1. The summed E-state index contributed by atoms with van der Waals surface area (Å²) in [6.45, 7) is 1.05. The highest BCUT2D eigenvalue weighted by molar-refractivity contribution is 6.21. The van der Waals surface area contributed by atoms with Gasteiger partial charge in [0, 0.05) is 13.2 Å². The number of hydrogen-bond donors (Lipinski definition) is 1. The Bertz CT molecular complexity index is 423. The first-order chi connectivity index (χ1) is 8.75. The molecule has 0 unspecified atom stereocenters. The van der Waals surface area contributed by atoms with Crippen molar-refractivity contribution in [2.75, 3.05) is 26.4 Å². The van der Waals surface area contributed by atoms with E-state index in [0.717, 1.165) is 0 Å². The number of carbonyl (C=O) groups excluding carboxylic acids is 2. The molecule has 0 bridgehead atoms. The Balaban J connectivity index is 1.93. The van der Waals surface area contributed by atoms with Gasteiger partial charge in [0.05, 0.1) is 24.3 Å². The molecule has 1 aliphatic heterocycles. The lowest BCUT2D eigenvalue weighted by atomic mass is 10.1. The lowest BCUT2D eigenvalue weighted by Gasteiger charge is -2.13. The van der Waals surface area contributed by atoms with Crippen LogP contribution in [0.1, 0.15) is 27.1 Å². The van der Waals surface area contributed by atoms with Crippen LogP contribution >= 0.6 is 0 Å². The van der Waals surface area contributed by atoms with Gasteiger partial charge in [0.1, 0.15) is 0 Å². The Labute approximate surface area is 105 Å². The largest absolute Gasteiger partial charge is 0.396 e. The predicted molar refractivity (Wildman–Crippen MR) is 64.3 cm³/mol. The van der Waals surface area contributed by atoms with Crippen LogP contribution in [-0.4, -0.2) is 48.2 Å². The monoisotopic (exact) mass is 249 g/mol. The van der Waals surface area contributed by atoms with Crippen molar-refractivity contribution in [3.05, 3.63) is 35.4 Å². The van der Waals surface area contributed by atoms with Gasteiger partial charge in [-0.05, 0) is 18.6 Å². The molecular formula is C13H15NO4. The lowest BCUT2D eigenvalue weighted by Crippen LogP contribution is -2.33. The number of aliphatic hydroxyl groups excluding tert-OH is 1. The molecule has 1 N–H and O–H groups in total. The molecule has 0 spiro atoms. The third-order valence-electron chi connectivity index (χ3n) is 2.78. The van der Waals surface area contributed by atoms with Crippen molar-refractivity contribution in [3.8, 4) is 0 Å². The second-order valence-corrected chi connectivity index (χ2v) is 4.00.